The Bertz CT molecular complexity index is 1050. The van der Waals surface area contributed by atoms with E-state index in [0.29, 0.717) is 27.0 Å². The lowest BCUT2D eigenvalue weighted by Gasteiger charge is -2.18. The molecule has 0 aliphatic heterocycles. The third kappa shape index (κ3) is 5.22. The molecular formula is C22H22ClN3O2S. The van der Waals surface area contributed by atoms with Gasteiger partial charge in [0.2, 0.25) is 5.91 Å². The van der Waals surface area contributed by atoms with E-state index < -0.39 is 5.41 Å². The van der Waals surface area contributed by atoms with Gasteiger partial charge in [-0.2, -0.15) is 0 Å². The number of carbonyl (C=O) groups excluding carboxylic acids is 2. The van der Waals surface area contributed by atoms with Crippen molar-refractivity contribution in [2.75, 3.05) is 10.6 Å². The zero-order valence-corrected chi connectivity index (χ0v) is 18.2. The molecule has 0 saturated heterocycles. The number of anilines is 2. The second-order valence-electron chi connectivity index (χ2n) is 7.68. The lowest BCUT2D eigenvalue weighted by Crippen LogP contribution is -2.27. The molecular weight excluding hydrogens is 406 g/mol. The third-order valence-corrected chi connectivity index (χ3v) is 5.61. The maximum absolute atomic E-state index is 12.8. The Hall–Kier alpha value is -2.70. The fourth-order valence-corrected chi connectivity index (χ4v) is 3.60. The summed E-state index contributed by atoms with van der Waals surface area (Å²) in [5, 5.41) is 7.16. The van der Waals surface area contributed by atoms with Gasteiger partial charge >= 0.3 is 0 Å². The molecule has 2 amide bonds. The molecule has 150 valence electrons. The Kier molecular flexibility index (Phi) is 6.05. The van der Waals surface area contributed by atoms with Gasteiger partial charge in [-0.05, 0) is 37.3 Å². The molecule has 1 aromatic heterocycles. The predicted molar refractivity (Wildman–Crippen MR) is 120 cm³/mol. The number of nitrogens with one attached hydrogen (secondary N) is 2. The maximum Gasteiger partial charge on any atom is 0.267 e. The van der Waals surface area contributed by atoms with Crippen molar-refractivity contribution in [3.8, 4) is 10.6 Å². The van der Waals surface area contributed by atoms with E-state index in [0.717, 1.165) is 10.6 Å². The number of aromatic nitrogens is 1. The Labute approximate surface area is 179 Å². The van der Waals surface area contributed by atoms with E-state index in [1.807, 2.05) is 39.8 Å². The van der Waals surface area contributed by atoms with Crippen LogP contribution in [0, 0.1) is 12.3 Å². The number of halogens is 1. The average molecular weight is 428 g/mol. The zero-order chi connectivity index (χ0) is 21.2. The molecule has 0 unspecified atom stereocenters. The average Bonchev–Trinajstić information content (AvgIpc) is 3.03. The summed E-state index contributed by atoms with van der Waals surface area (Å²) in [6.45, 7) is 7.35. The van der Waals surface area contributed by atoms with Gasteiger partial charge in [0.25, 0.3) is 5.91 Å². The normalized spacial score (nSPS) is 11.2. The highest BCUT2D eigenvalue weighted by Gasteiger charge is 2.21. The van der Waals surface area contributed by atoms with Gasteiger partial charge < -0.3 is 10.6 Å². The second kappa shape index (κ2) is 8.35. The number of carbonyl (C=O) groups is 2. The largest absolute Gasteiger partial charge is 0.326 e. The number of nitrogens with zero attached hydrogens (tertiary/aromatic N) is 1. The standard InChI is InChI=1S/C22H22ClN3O2S/c1-13-18(29-20(24-13)14-8-10-15(23)11-9-14)19(27)25-16-6-5-7-17(12-16)26-21(28)22(2,3)4/h5-12H,1-4H3,(H,25,27)(H,26,28). The minimum Gasteiger partial charge on any atom is -0.326 e. The van der Waals surface area contributed by atoms with Crippen molar-refractivity contribution in [2.24, 2.45) is 5.41 Å². The SMILES string of the molecule is Cc1nc(-c2ccc(Cl)cc2)sc1C(=O)Nc1cccc(NC(=O)C(C)(C)C)c1. The lowest BCUT2D eigenvalue weighted by molar-refractivity contribution is -0.123. The van der Waals surface area contributed by atoms with E-state index in [9.17, 15) is 9.59 Å². The summed E-state index contributed by atoms with van der Waals surface area (Å²) < 4.78 is 0. The molecule has 0 bridgehead atoms. The molecule has 29 heavy (non-hydrogen) atoms. The second-order valence-corrected chi connectivity index (χ2v) is 9.12. The van der Waals surface area contributed by atoms with E-state index in [1.165, 1.54) is 11.3 Å². The van der Waals surface area contributed by atoms with E-state index in [-0.39, 0.29) is 11.8 Å². The summed E-state index contributed by atoms with van der Waals surface area (Å²) in [6.07, 6.45) is 0. The van der Waals surface area contributed by atoms with Crippen LogP contribution in [0.4, 0.5) is 11.4 Å². The van der Waals surface area contributed by atoms with Crippen LogP contribution in [-0.2, 0) is 4.79 Å². The Morgan fingerprint density at radius 3 is 2.24 bits per heavy atom. The molecule has 0 saturated carbocycles. The number of thiazole rings is 1. The van der Waals surface area contributed by atoms with Crippen LogP contribution in [0.5, 0.6) is 0 Å². The summed E-state index contributed by atoms with van der Waals surface area (Å²) in [6, 6.07) is 14.4. The first-order valence-electron chi connectivity index (χ1n) is 9.10. The van der Waals surface area contributed by atoms with Crippen LogP contribution in [0.2, 0.25) is 5.02 Å². The van der Waals surface area contributed by atoms with Crippen LogP contribution in [0.1, 0.15) is 36.1 Å². The number of hydrogen-bond acceptors (Lipinski definition) is 4. The quantitative estimate of drug-likeness (QED) is 0.535. The summed E-state index contributed by atoms with van der Waals surface area (Å²) in [7, 11) is 0. The summed E-state index contributed by atoms with van der Waals surface area (Å²) >= 11 is 7.27. The number of rotatable bonds is 4. The molecule has 0 aliphatic carbocycles. The molecule has 2 aromatic carbocycles. The molecule has 5 nitrogen and oxygen atoms in total. The highest BCUT2D eigenvalue weighted by Crippen LogP contribution is 2.29. The van der Waals surface area contributed by atoms with Gasteiger partial charge in [-0.25, -0.2) is 4.98 Å². The van der Waals surface area contributed by atoms with E-state index in [1.54, 1.807) is 36.4 Å². The van der Waals surface area contributed by atoms with Crippen LogP contribution in [0.25, 0.3) is 10.6 Å². The van der Waals surface area contributed by atoms with Crippen LogP contribution >= 0.6 is 22.9 Å². The smallest absolute Gasteiger partial charge is 0.267 e. The number of hydrogen-bond donors (Lipinski definition) is 2. The lowest BCUT2D eigenvalue weighted by atomic mass is 9.95. The van der Waals surface area contributed by atoms with Crippen molar-refractivity contribution in [1.29, 1.82) is 0 Å². The Morgan fingerprint density at radius 2 is 1.62 bits per heavy atom. The summed E-state index contributed by atoms with van der Waals surface area (Å²) in [5.74, 6) is -0.327. The first kappa shape index (κ1) is 21.0. The van der Waals surface area contributed by atoms with E-state index >= 15 is 0 Å². The number of amides is 2. The van der Waals surface area contributed by atoms with Gasteiger partial charge in [-0.15, -0.1) is 11.3 Å². The number of benzene rings is 2. The van der Waals surface area contributed by atoms with Crippen LogP contribution in [-0.4, -0.2) is 16.8 Å². The summed E-state index contributed by atoms with van der Waals surface area (Å²) in [5.41, 5.74) is 2.30. The highest BCUT2D eigenvalue weighted by atomic mass is 35.5. The predicted octanol–water partition coefficient (Wildman–Crippen LogP) is 6.01. The fourth-order valence-electron chi connectivity index (χ4n) is 2.50. The molecule has 7 heteroatoms. The third-order valence-electron chi connectivity index (χ3n) is 4.15. The molecule has 0 atom stereocenters. The zero-order valence-electron chi connectivity index (χ0n) is 16.7. The highest BCUT2D eigenvalue weighted by molar-refractivity contribution is 7.17. The molecule has 1 heterocycles. The maximum atomic E-state index is 12.8. The topological polar surface area (TPSA) is 71.1 Å². The van der Waals surface area contributed by atoms with Gasteiger partial charge in [0.1, 0.15) is 9.88 Å². The van der Waals surface area contributed by atoms with Gasteiger partial charge in [0, 0.05) is 27.4 Å². The van der Waals surface area contributed by atoms with E-state index in [4.69, 9.17) is 11.6 Å². The molecule has 0 aliphatic rings. The van der Waals surface area contributed by atoms with Gasteiger partial charge in [0.15, 0.2) is 0 Å². The van der Waals surface area contributed by atoms with Crippen molar-refractivity contribution < 1.29 is 9.59 Å². The monoisotopic (exact) mass is 427 g/mol. The first-order valence-corrected chi connectivity index (χ1v) is 10.3. The van der Waals surface area contributed by atoms with Crippen molar-refractivity contribution in [3.05, 3.63) is 64.1 Å². The number of aryl methyl sites for hydroxylation is 1. The van der Waals surface area contributed by atoms with Crippen molar-refractivity contribution in [3.63, 3.8) is 0 Å². The van der Waals surface area contributed by atoms with Crippen molar-refractivity contribution >= 4 is 46.1 Å². The first-order chi connectivity index (χ1) is 13.6. The van der Waals surface area contributed by atoms with Crippen molar-refractivity contribution in [1.82, 2.24) is 4.98 Å². The minimum absolute atomic E-state index is 0.0908. The summed E-state index contributed by atoms with van der Waals surface area (Å²) in [4.78, 5) is 30.0. The molecule has 2 N–H and O–H groups in total. The fraction of sp³-hybridized carbons (Fsp3) is 0.227. The molecule has 0 spiro atoms. The minimum atomic E-state index is -0.503. The Morgan fingerprint density at radius 1 is 1.00 bits per heavy atom. The molecule has 3 aromatic rings. The molecule has 0 radical (unpaired) electrons. The van der Waals surface area contributed by atoms with Crippen LogP contribution in [0.15, 0.2) is 48.5 Å². The molecule has 3 rings (SSSR count). The Balaban J connectivity index is 1.76. The van der Waals surface area contributed by atoms with Gasteiger partial charge in [-0.1, -0.05) is 50.6 Å². The van der Waals surface area contributed by atoms with Crippen LogP contribution in [0.3, 0.4) is 0 Å². The van der Waals surface area contributed by atoms with Gasteiger partial charge in [-0.3, -0.25) is 9.59 Å². The van der Waals surface area contributed by atoms with Crippen molar-refractivity contribution in [2.45, 2.75) is 27.7 Å². The van der Waals surface area contributed by atoms with Crippen LogP contribution < -0.4 is 10.6 Å². The van der Waals surface area contributed by atoms with E-state index in [2.05, 4.69) is 15.6 Å². The van der Waals surface area contributed by atoms with Gasteiger partial charge in [0.05, 0.1) is 5.69 Å². The molecule has 0 fully saturated rings.